The van der Waals surface area contributed by atoms with Crippen LogP contribution in [0.5, 0.6) is 0 Å². The van der Waals surface area contributed by atoms with Gasteiger partial charge in [0.2, 0.25) is 0 Å². The molecule has 1 aromatic heterocycles. The first-order valence-corrected chi connectivity index (χ1v) is 6.56. The first-order valence-electron chi connectivity index (χ1n) is 5.75. The van der Waals surface area contributed by atoms with E-state index in [0.29, 0.717) is 0 Å². The van der Waals surface area contributed by atoms with Crippen molar-refractivity contribution in [3.05, 3.63) is 50.5 Å². The highest BCUT2D eigenvalue weighted by atomic mass is 32.1. The van der Waals surface area contributed by atoms with Crippen LogP contribution >= 0.6 is 11.3 Å². The molecule has 90 valence electrons. The minimum atomic E-state index is -0.106. The quantitative estimate of drug-likeness (QED) is 0.881. The van der Waals surface area contributed by atoms with Crippen molar-refractivity contribution in [3.63, 3.8) is 0 Å². The normalized spacial score (nSPS) is 12.8. The van der Waals surface area contributed by atoms with Gasteiger partial charge in [0, 0.05) is 4.88 Å². The van der Waals surface area contributed by atoms with Crippen LogP contribution in [0.1, 0.15) is 38.3 Å². The maximum Gasteiger partial charge on any atom is 0.114 e. The summed E-state index contributed by atoms with van der Waals surface area (Å²) in [6.07, 6.45) is 0. The average molecular weight is 246 g/mol. The Bertz CT molecular complexity index is 503. The minimum Gasteiger partial charge on any atom is -0.318 e. The van der Waals surface area contributed by atoms with E-state index in [2.05, 4.69) is 44.0 Å². The van der Waals surface area contributed by atoms with Crippen LogP contribution in [-0.2, 0) is 0 Å². The van der Waals surface area contributed by atoms with Crippen LogP contribution in [0.3, 0.4) is 0 Å². The van der Waals surface area contributed by atoms with Gasteiger partial charge in [-0.05, 0) is 33.3 Å². The second-order valence-electron chi connectivity index (χ2n) is 4.59. The Morgan fingerprint density at radius 2 is 1.65 bits per heavy atom. The van der Waals surface area contributed by atoms with E-state index in [1.54, 1.807) is 11.3 Å². The van der Waals surface area contributed by atoms with E-state index in [0.717, 1.165) is 16.3 Å². The van der Waals surface area contributed by atoms with E-state index in [4.69, 9.17) is 5.73 Å². The highest BCUT2D eigenvalue weighted by molar-refractivity contribution is 7.11. The lowest BCUT2D eigenvalue weighted by Crippen LogP contribution is -2.12. The summed E-state index contributed by atoms with van der Waals surface area (Å²) in [7, 11) is 0. The summed E-state index contributed by atoms with van der Waals surface area (Å²) in [5, 5.41) is 1.00. The van der Waals surface area contributed by atoms with Gasteiger partial charge in [0.25, 0.3) is 0 Å². The Morgan fingerprint density at radius 1 is 1.06 bits per heavy atom. The van der Waals surface area contributed by atoms with Gasteiger partial charge in [-0.3, -0.25) is 0 Å². The van der Waals surface area contributed by atoms with Crippen molar-refractivity contribution in [1.82, 2.24) is 4.98 Å². The maximum atomic E-state index is 6.28. The lowest BCUT2D eigenvalue weighted by atomic mass is 10.0. The Hall–Kier alpha value is -1.19. The second-order valence-corrected chi connectivity index (χ2v) is 5.83. The molecule has 0 aliphatic heterocycles. The molecule has 17 heavy (non-hydrogen) atoms. The van der Waals surface area contributed by atoms with Crippen molar-refractivity contribution in [2.75, 3.05) is 0 Å². The van der Waals surface area contributed by atoms with Crippen molar-refractivity contribution in [1.29, 1.82) is 0 Å². The van der Waals surface area contributed by atoms with Gasteiger partial charge in [0.1, 0.15) is 5.01 Å². The first kappa shape index (κ1) is 12.3. The predicted molar refractivity (Wildman–Crippen MR) is 73.5 cm³/mol. The fraction of sp³-hybridized carbons (Fsp3) is 0.357. The van der Waals surface area contributed by atoms with E-state index in [-0.39, 0.29) is 6.04 Å². The molecule has 2 aromatic rings. The van der Waals surface area contributed by atoms with E-state index >= 15 is 0 Å². The van der Waals surface area contributed by atoms with Crippen LogP contribution in [0, 0.1) is 27.7 Å². The van der Waals surface area contributed by atoms with E-state index in [1.807, 2.05) is 6.92 Å². The summed E-state index contributed by atoms with van der Waals surface area (Å²) in [6.45, 7) is 8.32. The van der Waals surface area contributed by atoms with Crippen LogP contribution in [0.15, 0.2) is 18.2 Å². The van der Waals surface area contributed by atoms with E-state index in [1.165, 1.54) is 16.0 Å². The molecule has 0 bridgehead atoms. The summed E-state index contributed by atoms with van der Waals surface area (Å²) in [5.74, 6) is 0. The van der Waals surface area contributed by atoms with E-state index in [9.17, 15) is 0 Å². The third kappa shape index (κ3) is 2.56. The van der Waals surface area contributed by atoms with Gasteiger partial charge in [0.05, 0.1) is 11.7 Å². The number of rotatable bonds is 2. The number of nitrogens with two attached hydrogens (primary N) is 1. The van der Waals surface area contributed by atoms with E-state index < -0.39 is 0 Å². The SMILES string of the molecule is Cc1cc(C)cc(C(N)c2nc(C)c(C)s2)c1. The molecule has 0 spiro atoms. The lowest BCUT2D eigenvalue weighted by molar-refractivity contribution is 0.849. The number of aromatic nitrogens is 1. The summed E-state index contributed by atoms with van der Waals surface area (Å²) >= 11 is 1.69. The topological polar surface area (TPSA) is 38.9 Å². The highest BCUT2D eigenvalue weighted by Crippen LogP contribution is 2.27. The molecular formula is C14H18N2S. The van der Waals surface area contributed by atoms with Crippen LogP contribution in [0.25, 0.3) is 0 Å². The number of nitrogens with zero attached hydrogens (tertiary/aromatic N) is 1. The zero-order chi connectivity index (χ0) is 12.6. The standard InChI is InChI=1S/C14H18N2S/c1-8-5-9(2)7-12(6-8)13(15)14-16-10(3)11(4)17-14/h5-7,13H,15H2,1-4H3. The zero-order valence-corrected chi connectivity index (χ0v) is 11.6. The molecule has 0 amide bonds. The summed E-state index contributed by atoms with van der Waals surface area (Å²) in [4.78, 5) is 5.79. The number of hydrogen-bond acceptors (Lipinski definition) is 3. The Morgan fingerprint density at radius 3 is 2.12 bits per heavy atom. The molecule has 1 atom stereocenters. The molecule has 2 nitrogen and oxygen atoms in total. The summed E-state index contributed by atoms with van der Waals surface area (Å²) in [5.41, 5.74) is 11.0. The van der Waals surface area contributed by atoms with Crippen LogP contribution in [0.2, 0.25) is 0 Å². The second kappa shape index (κ2) is 4.59. The fourth-order valence-corrected chi connectivity index (χ4v) is 2.92. The Kier molecular flexibility index (Phi) is 3.31. The number of aryl methyl sites for hydroxylation is 4. The van der Waals surface area contributed by atoms with Crippen molar-refractivity contribution in [2.45, 2.75) is 33.7 Å². The fourth-order valence-electron chi connectivity index (χ4n) is 1.96. The van der Waals surface area contributed by atoms with Crippen LogP contribution in [0.4, 0.5) is 0 Å². The molecule has 0 saturated carbocycles. The monoisotopic (exact) mass is 246 g/mol. The molecule has 1 heterocycles. The molecule has 2 N–H and O–H groups in total. The van der Waals surface area contributed by atoms with Crippen molar-refractivity contribution >= 4 is 11.3 Å². The smallest absolute Gasteiger partial charge is 0.114 e. The largest absolute Gasteiger partial charge is 0.318 e. The maximum absolute atomic E-state index is 6.28. The minimum absolute atomic E-state index is 0.106. The van der Waals surface area contributed by atoms with Gasteiger partial charge in [-0.1, -0.05) is 29.3 Å². The van der Waals surface area contributed by atoms with Gasteiger partial charge in [-0.2, -0.15) is 0 Å². The molecule has 0 aliphatic rings. The first-order chi connectivity index (χ1) is 7.97. The molecule has 1 unspecified atom stereocenters. The van der Waals surface area contributed by atoms with Crippen LogP contribution in [-0.4, -0.2) is 4.98 Å². The number of benzene rings is 1. The third-order valence-corrected chi connectivity index (χ3v) is 4.07. The molecule has 2 rings (SSSR count). The highest BCUT2D eigenvalue weighted by Gasteiger charge is 2.14. The molecule has 3 heteroatoms. The number of thiazole rings is 1. The zero-order valence-electron chi connectivity index (χ0n) is 10.7. The summed E-state index contributed by atoms with van der Waals surface area (Å²) in [6, 6.07) is 6.34. The summed E-state index contributed by atoms with van der Waals surface area (Å²) < 4.78 is 0. The molecular weight excluding hydrogens is 228 g/mol. The average Bonchev–Trinajstić information content (AvgIpc) is 2.57. The Balaban J connectivity index is 2.39. The Labute approximate surface area is 107 Å². The van der Waals surface area contributed by atoms with Crippen molar-refractivity contribution in [3.8, 4) is 0 Å². The van der Waals surface area contributed by atoms with Gasteiger partial charge in [0.15, 0.2) is 0 Å². The van der Waals surface area contributed by atoms with Gasteiger partial charge < -0.3 is 5.73 Å². The van der Waals surface area contributed by atoms with Gasteiger partial charge >= 0.3 is 0 Å². The molecule has 0 fully saturated rings. The van der Waals surface area contributed by atoms with Crippen molar-refractivity contribution < 1.29 is 0 Å². The third-order valence-electron chi connectivity index (χ3n) is 2.91. The molecule has 0 radical (unpaired) electrons. The van der Waals surface area contributed by atoms with Crippen molar-refractivity contribution in [2.24, 2.45) is 5.73 Å². The van der Waals surface area contributed by atoms with Gasteiger partial charge in [-0.25, -0.2) is 4.98 Å². The van der Waals surface area contributed by atoms with Crippen LogP contribution < -0.4 is 5.73 Å². The lowest BCUT2D eigenvalue weighted by Gasteiger charge is -2.11. The van der Waals surface area contributed by atoms with Gasteiger partial charge in [-0.15, -0.1) is 11.3 Å². The molecule has 1 aromatic carbocycles. The predicted octanol–water partition coefficient (Wildman–Crippen LogP) is 3.42. The molecule has 0 aliphatic carbocycles. The number of hydrogen-bond donors (Lipinski definition) is 1. The molecule has 0 saturated heterocycles.